The van der Waals surface area contributed by atoms with Gasteiger partial charge in [0.1, 0.15) is 12.1 Å². The number of aromatic amines is 1. The van der Waals surface area contributed by atoms with Crippen molar-refractivity contribution >= 4 is 17.3 Å². The van der Waals surface area contributed by atoms with E-state index < -0.39 is 5.91 Å². The second kappa shape index (κ2) is 4.52. The molecule has 1 aromatic carbocycles. The zero-order valence-electron chi connectivity index (χ0n) is 9.10. The predicted octanol–water partition coefficient (Wildman–Crippen LogP) is 0.648. The highest BCUT2D eigenvalue weighted by Gasteiger charge is 2.11. The summed E-state index contributed by atoms with van der Waals surface area (Å²) < 4.78 is 5.04. The van der Waals surface area contributed by atoms with Crippen LogP contribution in [0.1, 0.15) is 10.6 Å². The van der Waals surface area contributed by atoms with Crippen molar-refractivity contribution < 1.29 is 9.53 Å². The van der Waals surface area contributed by atoms with Crippen LogP contribution in [0.2, 0.25) is 0 Å². The first-order valence-electron chi connectivity index (χ1n) is 4.81. The minimum Gasteiger partial charge on any atom is -0.497 e. The zero-order chi connectivity index (χ0) is 12.3. The van der Waals surface area contributed by atoms with Gasteiger partial charge in [0.05, 0.1) is 18.5 Å². The first-order chi connectivity index (χ1) is 8.20. The quantitative estimate of drug-likeness (QED) is 0.675. The maximum Gasteiger partial charge on any atom is 0.293 e. The van der Waals surface area contributed by atoms with E-state index in [9.17, 15) is 4.79 Å². The van der Waals surface area contributed by atoms with Gasteiger partial charge >= 0.3 is 0 Å². The van der Waals surface area contributed by atoms with Crippen LogP contribution in [0.15, 0.2) is 24.5 Å². The summed E-state index contributed by atoms with van der Waals surface area (Å²) in [6, 6.07) is 4.98. The number of hydrogen-bond acceptors (Lipinski definition) is 5. The molecule has 0 bridgehead atoms. The van der Waals surface area contributed by atoms with Gasteiger partial charge < -0.3 is 15.8 Å². The number of anilines is 2. The Morgan fingerprint density at radius 2 is 2.35 bits per heavy atom. The van der Waals surface area contributed by atoms with E-state index in [-0.39, 0.29) is 5.82 Å². The molecule has 2 aromatic rings. The van der Waals surface area contributed by atoms with Gasteiger partial charge in [0.2, 0.25) is 5.82 Å². The van der Waals surface area contributed by atoms with Gasteiger partial charge in [-0.2, -0.15) is 5.10 Å². The molecule has 0 saturated carbocycles. The van der Waals surface area contributed by atoms with Crippen molar-refractivity contribution in [3.63, 3.8) is 0 Å². The highest BCUT2D eigenvalue weighted by molar-refractivity contribution is 6.03. The summed E-state index contributed by atoms with van der Waals surface area (Å²) in [6.45, 7) is 0. The van der Waals surface area contributed by atoms with E-state index in [1.165, 1.54) is 13.4 Å². The van der Waals surface area contributed by atoms with Crippen molar-refractivity contribution in [3.8, 4) is 5.75 Å². The van der Waals surface area contributed by atoms with Crippen molar-refractivity contribution in [3.05, 3.63) is 30.4 Å². The van der Waals surface area contributed by atoms with Crippen LogP contribution >= 0.6 is 0 Å². The molecule has 0 atom stereocenters. The van der Waals surface area contributed by atoms with E-state index in [2.05, 4.69) is 20.5 Å². The summed E-state index contributed by atoms with van der Waals surface area (Å²) in [6.07, 6.45) is 1.25. The molecule has 0 spiro atoms. The van der Waals surface area contributed by atoms with E-state index in [4.69, 9.17) is 10.5 Å². The number of rotatable bonds is 3. The van der Waals surface area contributed by atoms with Crippen LogP contribution in [-0.4, -0.2) is 28.2 Å². The van der Waals surface area contributed by atoms with Crippen LogP contribution in [0.4, 0.5) is 11.4 Å². The molecule has 0 saturated heterocycles. The minimum atomic E-state index is -0.414. The van der Waals surface area contributed by atoms with Crippen LogP contribution in [0.25, 0.3) is 0 Å². The number of nitrogens with one attached hydrogen (secondary N) is 2. The number of carbonyl (C=O) groups excluding carboxylic acids is 1. The number of aromatic nitrogens is 3. The number of H-pyrrole nitrogens is 1. The Balaban J connectivity index is 2.21. The molecule has 17 heavy (non-hydrogen) atoms. The van der Waals surface area contributed by atoms with Gasteiger partial charge in [0, 0.05) is 6.07 Å². The largest absolute Gasteiger partial charge is 0.497 e. The van der Waals surface area contributed by atoms with Gasteiger partial charge in [0.25, 0.3) is 5.91 Å². The second-order valence-corrected chi connectivity index (χ2v) is 3.24. The molecule has 2 rings (SSSR count). The molecule has 0 aliphatic rings. The van der Waals surface area contributed by atoms with Crippen molar-refractivity contribution in [2.75, 3.05) is 18.2 Å². The van der Waals surface area contributed by atoms with Crippen LogP contribution in [0, 0.1) is 0 Å². The zero-order valence-corrected chi connectivity index (χ0v) is 9.10. The number of ether oxygens (including phenoxy) is 1. The summed E-state index contributed by atoms with van der Waals surface area (Å²) in [5, 5.41) is 8.66. The number of benzene rings is 1. The van der Waals surface area contributed by atoms with Crippen molar-refractivity contribution in [1.29, 1.82) is 0 Å². The highest BCUT2D eigenvalue weighted by atomic mass is 16.5. The first kappa shape index (κ1) is 10.9. The first-order valence-corrected chi connectivity index (χ1v) is 4.81. The molecule has 88 valence electrons. The third-order valence-electron chi connectivity index (χ3n) is 2.14. The standard InChI is InChI=1S/C10H11N5O2/c1-17-6-2-3-7(11)8(4-6)14-10(16)9-12-5-13-15-9/h2-5H,11H2,1H3,(H,14,16)(H,12,13,15). The molecule has 0 aliphatic heterocycles. The molecule has 0 unspecified atom stereocenters. The summed E-state index contributed by atoms with van der Waals surface area (Å²) >= 11 is 0. The fraction of sp³-hybridized carbons (Fsp3) is 0.100. The number of carbonyl (C=O) groups is 1. The normalized spacial score (nSPS) is 9.94. The monoisotopic (exact) mass is 233 g/mol. The molecule has 4 N–H and O–H groups in total. The summed E-state index contributed by atoms with van der Waals surface area (Å²) in [5.74, 6) is 0.307. The average molecular weight is 233 g/mol. The van der Waals surface area contributed by atoms with Crippen LogP contribution in [0.3, 0.4) is 0 Å². The summed E-state index contributed by atoms with van der Waals surface area (Å²) in [7, 11) is 1.54. The van der Waals surface area contributed by atoms with Gasteiger partial charge in [-0.25, -0.2) is 4.98 Å². The highest BCUT2D eigenvalue weighted by Crippen LogP contribution is 2.24. The molecule has 0 fully saturated rings. The van der Waals surface area contributed by atoms with Gasteiger partial charge in [-0.15, -0.1) is 0 Å². The molecule has 7 heteroatoms. The SMILES string of the molecule is COc1ccc(N)c(NC(=O)c2ncn[nH]2)c1. The number of nitrogen functional groups attached to an aromatic ring is 1. The molecule has 1 heterocycles. The number of amides is 1. The third-order valence-corrected chi connectivity index (χ3v) is 2.14. The van der Waals surface area contributed by atoms with Crippen LogP contribution < -0.4 is 15.8 Å². The maximum atomic E-state index is 11.7. The van der Waals surface area contributed by atoms with Crippen LogP contribution in [-0.2, 0) is 0 Å². The van der Waals surface area contributed by atoms with Crippen molar-refractivity contribution in [2.45, 2.75) is 0 Å². The van der Waals surface area contributed by atoms with Gasteiger partial charge in [-0.1, -0.05) is 0 Å². The van der Waals surface area contributed by atoms with Crippen molar-refractivity contribution in [1.82, 2.24) is 15.2 Å². The topological polar surface area (TPSA) is 106 Å². The maximum absolute atomic E-state index is 11.7. The van der Waals surface area contributed by atoms with E-state index in [1.54, 1.807) is 18.2 Å². The van der Waals surface area contributed by atoms with Gasteiger partial charge in [-0.05, 0) is 12.1 Å². The Bertz CT molecular complexity index is 523. The predicted molar refractivity (Wildman–Crippen MR) is 61.7 cm³/mol. The second-order valence-electron chi connectivity index (χ2n) is 3.24. The minimum absolute atomic E-state index is 0.118. The van der Waals surface area contributed by atoms with E-state index in [0.717, 1.165) is 0 Å². The summed E-state index contributed by atoms with van der Waals surface area (Å²) in [4.78, 5) is 15.4. The Kier molecular flexibility index (Phi) is 2.91. The molecular weight excluding hydrogens is 222 g/mol. The Hall–Kier alpha value is -2.57. The lowest BCUT2D eigenvalue weighted by Crippen LogP contribution is -2.14. The Morgan fingerprint density at radius 1 is 1.53 bits per heavy atom. The lowest BCUT2D eigenvalue weighted by molar-refractivity contribution is 0.101. The van der Waals surface area contributed by atoms with Gasteiger partial charge in [0.15, 0.2) is 0 Å². The third kappa shape index (κ3) is 2.33. The molecule has 0 radical (unpaired) electrons. The fourth-order valence-corrected chi connectivity index (χ4v) is 1.27. The molecular formula is C10H11N5O2. The average Bonchev–Trinajstić information content (AvgIpc) is 2.85. The summed E-state index contributed by atoms with van der Waals surface area (Å²) in [5.41, 5.74) is 6.64. The number of nitrogens with zero attached hydrogens (tertiary/aromatic N) is 2. The molecule has 7 nitrogen and oxygen atoms in total. The lowest BCUT2D eigenvalue weighted by atomic mass is 10.2. The number of methoxy groups -OCH3 is 1. The fourth-order valence-electron chi connectivity index (χ4n) is 1.27. The molecule has 0 aliphatic carbocycles. The van der Waals surface area contributed by atoms with Gasteiger partial charge in [-0.3, -0.25) is 9.89 Å². The van der Waals surface area contributed by atoms with Crippen molar-refractivity contribution in [2.24, 2.45) is 0 Å². The van der Waals surface area contributed by atoms with Crippen LogP contribution in [0.5, 0.6) is 5.75 Å². The van der Waals surface area contributed by atoms with E-state index >= 15 is 0 Å². The van der Waals surface area contributed by atoms with E-state index in [0.29, 0.717) is 17.1 Å². The number of hydrogen-bond donors (Lipinski definition) is 3. The number of nitrogens with two attached hydrogens (primary N) is 1. The Morgan fingerprint density at radius 3 is 3.00 bits per heavy atom. The molecule has 1 aromatic heterocycles. The molecule has 1 amide bonds. The Labute approximate surface area is 97.0 Å². The van der Waals surface area contributed by atoms with E-state index in [1.807, 2.05) is 0 Å². The lowest BCUT2D eigenvalue weighted by Gasteiger charge is -2.08. The smallest absolute Gasteiger partial charge is 0.293 e.